The Balaban J connectivity index is 0.000000247. The number of hydrogen-bond donors (Lipinski definition) is 0. The Morgan fingerprint density at radius 1 is 0.569 bits per heavy atom. The smallest absolute Gasteiger partial charge is 0.494 e. The zero-order valence-corrected chi connectivity index (χ0v) is 37.4. The fraction of sp³-hybridized carbons (Fsp3) is 0.438. The third-order valence-electron chi connectivity index (χ3n) is 10.2. The number of aromatic nitrogens is 5. The minimum Gasteiger partial charge on any atom is -0.494 e. The lowest BCUT2D eigenvalue weighted by atomic mass is 10.2. The number of halogens is 3. The van der Waals surface area contributed by atoms with Gasteiger partial charge in [-0.2, -0.15) is 0 Å². The van der Waals surface area contributed by atoms with Crippen LogP contribution in [0.1, 0.15) is 64.2 Å². The summed E-state index contributed by atoms with van der Waals surface area (Å²) >= 11 is 0. The van der Waals surface area contributed by atoms with Crippen molar-refractivity contribution in [2.75, 3.05) is 54.9 Å². The zero-order chi connectivity index (χ0) is 46.4. The van der Waals surface area contributed by atoms with E-state index in [0.717, 1.165) is 97.1 Å². The van der Waals surface area contributed by atoms with E-state index in [-0.39, 0.29) is 17.7 Å². The van der Waals surface area contributed by atoms with Gasteiger partial charge in [0, 0.05) is 89.0 Å². The summed E-state index contributed by atoms with van der Waals surface area (Å²) in [7, 11) is 6.14. The highest BCUT2D eigenvalue weighted by Gasteiger charge is 2.31. The minimum atomic E-state index is -4.74. The monoisotopic (exact) mass is 905 g/mol. The molecule has 0 atom stereocenters. The lowest BCUT2D eigenvalue weighted by Crippen LogP contribution is -2.17. The number of fused-ring (bicyclic) bond motifs is 2. The van der Waals surface area contributed by atoms with Crippen LogP contribution in [0.15, 0.2) is 85.2 Å². The largest absolute Gasteiger partial charge is 0.573 e. The molecular formula is C48H58F3N5O9. The number of esters is 2. The number of carbonyl (C=O) groups is 2. The second-order valence-corrected chi connectivity index (χ2v) is 15.0. The van der Waals surface area contributed by atoms with Gasteiger partial charge in [0.25, 0.3) is 0 Å². The molecule has 0 amide bonds. The summed E-state index contributed by atoms with van der Waals surface area (Å²) in [5.74, 6) is 2.39. The second kappa shape index (κ2) is 25.9. The molecule has 14 nitrogen and oxygen atoms in total. The van der Waals surface area contributed by atoms with E-state index < -0.39 is 6.36 Å². The lowest BCUT2D eigenvalue weighted by molar-refractivity contribution is -0.274. The number of ether oxygens (including phenoxy) is 7. The number of aryl methyl sites for hydroxylation is 2. The Kier molecular flexibility index (Phi) is 19.9. The van der Waals surface area contributed by atoms with Gasteiger partial charge in [0.05, 0.1) is 49.5 Å². The number of methoxy groups -OCH3 is 4. The van der Waals surface area contributed by atoms with Crippen LogP contribution in [-0.4, -0.2) is 97.3 Å². The van der Waals surface area contributed by atoms with Gasteiger partial charge in [-0.1, -0.05) is 0 Å². The Morgan fingerprint density at radius 3 is 1.51 bits per heavy atom. The first kappa shape index (κ1) is 49.8. The maximum absolute atomic E-state index is 12.5. The van der Waals surface area contributed by atoms with E-state index in [1.807, 2.05) is 59.3 Å². The summed E-state index contributed by atoms with van der Waals surface area (Å²) in [5.41, 5.74) is 5.22. The summed E-state index contributed by atoms with van der Waals surface area (Å²) in [6.07, 6.45) is 6.37. The molecule has 3 aromatic carbocycles. The molecule has 0 radical (unpaired) electrons. The van der Waals surface area contributed by atoms with Crippen LogP contribution in [0.5, 0.6) is 17.2 Å². The molecule has 6 rings (SSSR count). The molecule has 0 bridgehead atoms. The molecule has 6 aromatic rings. The highest BCUT2D eigenvalue weighted by atomic mass is 19.4. The van der Waals surface area contributed by atoms with E-state index in [1.165, 1.54) is 26.4 Å². The van der Waals surface area contributed by atoms with Gasteiger partial charge in [-0.15, -0.1) is 13.2 Å². The predicted molar refractivity (Wildman–Crippen MR) is 240 cm³/mol. The molecule has 0 aliphatic rings. The molecule has 0 fully saturated rings. The maximum Gasteiger partial charge on any atom is 0.573 e. The summed E-state index contributed by atoms with van der Waals surface area (Å²) in [6.45, 7) is 3.77. The van der Waals surface area contributed by atoms with Crippen LogP contribution in [0.2, 0.25) is 0 Å². The summed E-state index contributed by atoms with van der Waals surface area (Å²) in [5, 5.41) is 0. The first-order valence-corrected chi connectivity index (χ1v) is 21.7. The molecule has 0 unspecified atom stereocenters. The van der Waals surface area contributed by atoms with Crippen molar-refractivity contribution in [1.82, 2.24) is 24.1 Å². The Morgan fingerprint density at radius 2 is 1.06 bits per heavy atom. The highest BCUT2D eigenvalue weighted by molar-refractivity contribution is 5.83. The molecule has 0 saturated carbocycles. The van der Waals surface area contributed by atoms with Crippen molar-refractivity contribution in [2.45, 2.75) is 83.7 Å². The van der Waals surface area contributed by atoms with Crippen LogP contribution in [0.4, 0.5) is 13.2 Å². The highest BCUT2D eigenvalue weighted by Crippen LogP contribution is 2.31. The molecule has 17 heteroatoms. The van der Waals surface area contributed by atoms with Gasteiger partial charge < -0.3 is 42.3 Å². The van der Waals surface area contributed by atoms with Crippen molar-refractivity contribution in [3.8, 4) is 40.0 Å². The molecule has 0 saturated heterocycles. The van der Waals surface area contributed by atoms with Crippen molar-refractivity contribution in [3.63, 3.8) is 0 Å². The number of imidazole rings is 2. The van der Waals surface area contributed by atoms with Gasteiger partial charge in [0.15, 0.2) is 0 Å². The first-order chi connectivity index (χ1) is 31.5. The molecule has 0 spiro atoms. The van der Waals surface area contributed by atoms with Crippen molar-refractivity contribution >= 4 is 34.0 Å². The molecular weight excluding hydrogens is 848 g/mol. The normalized spacial score (nSPS) is 11.3. The number of carbonyl (C=O) groups excluding carboxylic acids is 2. The van der Waals surface area contributed by atoms with Crippen molar-refractivity contribution < 1.29 is 55.9 Å². The van der Waals surface area contributed by atoms with Crippen LogP contribution in [-0.2, 0) is 41.6 Å². The van der Waals surface area contributed by atoms with Gasteiger partial charge in [-0.05, 0) is 112 Å². The summed E-state index contributed by atoms with van der Waals surface area (Å²) < 4.78 is 77.2. The molecule has 0 N–H and O–H groups in total. The van der Waals surface area contributed by atoms with E-state index in [1.54, 1.807) is 32.5 Å². The number of benzene rings is 3. The van der Waals surface area contributed by atoms with Crippen LogP contribution in [0.25, 0.3) is 44.8 Å². The van der Waals surface area contributed by atoms with Crippen molar-refractivity contribution in [2.24, 2.45) is 0 Å². The van der Waals surface area contributed by atoms with Gasteiger partial charge in [0.1, 0.15) is 28.9 Å². The Labute approximate surface area is 376 Å². The minimum absolute atomic E-state index is 0.160. The number of rotatable bonds is 25. The van der Waals surface area contributed by atoms with E-state index in [0.29, 0.717) is 63.0 Å². The third kappa shape index (κ3) is 15.8. The average Bonchev–Trinajstić information content (AvgIpc) is 3.86. The number of pyridine rings is 1. The molecule has 3 aromatic heterocycles. The first-order valence-electron chi connectivity index (χ1n) is 21.7. The number of unbranched alkanes of at least 4 members (excludes halogenated alkanes) is 4. The quantitative estimate of drug-likeness (QED) is 0.0398. The summed E-state index contributed by atoms with van der Waals surface area (Å²) in [4.78, 5) is 36.1. The van der Waals surface area contributed by atoms with Gasteiger partial charge in [0.2, 0.25) is 0 Å². The molecule has 65 heavy (non-hydrogen) atoms. The number of alkyl halides is 3. The number of nitrogens with zero attached hydrogens (tertiary/aromatic N) is 5. The van der Waals surface area contributed by atoms with Crippen LogP contribution in [0, 0.1) is 0 Å². The molecule has 0 aliphatic heterocycles. The third-order valence-corrected chi connectivity index (χ3v) is 10.2. The van der Waals surface area contributed by atoms with Crippen molar-refractivity contribution in [3.05, 3.63) is 85.2 Å². The van der Waals surface area contributed by atoms with Crippen LogP contribution in [0.3, 0.4) is 0 Å². The molecule has 3 heterocycles. The second-order valence-electron chi connectivity index (χ2n) is 15.0. The van der Waals surface area contributed by atoms with Gasteiger partial charge in [-0.25, -0.2) is 9.97 Å². The van der Waals surface area contributed by atoms with E-state index in [2.05, 4.69) is 23.8 Å². The van der Waals surface area contributed by atoms with E-state index >= 15 is 0 Å². The molecule has 350 valence electrons. The Hall–Kier alpha value is -6.20. The fourth-order valence-corrected chi connectivity index (χ4v) is 6.99. The van der Waals surface area contributed by atoms with E-state index in [4.69, 9.17) is 28.9 Å². The topological polar surface area (TPSA) is 147 Å². The average molecular weight is 906 g/mol. The van der Waals surface area contributed by atoms with Gasteiger partial charge in [-0.3, -0.25) is 14.6 Å². The van der Waals surface area contributed by atoms with Crippen LogP contribution >= 0.6 is 0 Å². The SMILES string of the molecule is COCCCn1c(-c2ccc(OC(F)(F)F)cc2)nc2ccc(OCCCCCC(=O)OC)cc21.COCCCn1c(-c2cccnc2)nc2ccc(OCCCCCC(=O)OC)cc21. The zero-order valence-electron chi connectivity index (χ0n) is 37.4. The predicted octanol–water partition coefficient (Wildman–Crippen LogP) is 10.00. The van der Waals surface area contributed by atoms with Crippen molar-refractivity contribution in [1.29, 1.82) is 0 Å². The fourth-order valence-electron chi connectivity index (χ4n) is 6.99. The summed E-state index contributed by atoms with van der Waals surface area (Å²) in [6, 6.07) is 21.2. The number of hydrogen-bond acceptors (Lipinski definition) is 12. The van der Waals surface area contributed by atoms with Gasteiger partial charge >= 0.3 is 18.3 Å². The Bertz CT molecular complexity index is 2370. The molecule has 0 aliphatic carbocycles. The van der Waals surface area contributed by atoms with Crippen LogP contribution < -0.4 is 14.2 Å². The lowest BCUT2D eigenvalue weighted by Gasteiger charge is -2.12. The standard InChI is InChI=1S/C25H29F3N2O5.C23H29N3O4/c1-32-15-6-14-30-22-17-20(34-16-5-3-4-7-23(31)33-2)12-13-21(22)29-24(30)18-8-10-19(11-9-18)35-25(26,27)28;1-28-14-7-13-26-21-16-19(30-15-5-3-4-9-22(27)29-2)10-11-20(21)25-23(26)18-8-6-12-24-17-18/h8-13,17H,3-7,14-16H2,1-2H3;6,8,10-12,16-17H,3-5,7,9,13-15H2,1-2H3. The maximum atomic E-state index is 12.5. The van der Waals surface area contributed by atoms with E-state index in [9.17, 15) is 22.8 Å².